The van der Waals surface area contributed by atoms with E-state index in [1.165, 1.54) is 5.56 Å². The van der Waals surface area contributed by atoms with E-state index in [1.807, 2.05) is 30.3 Å². The molecular weight excluding hydrogens is 507 g/mol. The third-order valence-electron chi connectivity index (χ3n) is 4.67. The highest BCUT2D eigenvalue weighted by Crippen LogP contribution is 2.14. The SMILES string of the molecule is COc1ccc(CCNC(=NCc2cc(C(C)C)no2)NCCc2ccco2)cc1.I. The molecule has 0 aliphatic rings. The number of nitrogens with one attached hydrogen (secondary N) is 2. The summed E-state index contributed by atoms with van der Waals surface area (Å²) >= 11 is 0. The Morgan fingerprint density at radius 3 is 2.42 bits per heavy atom. The van der Waals surface area contributed by atoms with Crippen LogP contribution < -0.4 is 15.4 Å². The number of aliphatic imine (C=N–C) groups is 1. The van der Waals surface area contributed by atoms with Crippen LogP contribution in [-0.4, -0.2) is 31.3 Å². The normalized spacial score (nSPS) is 11.3. The molecule has 3 aromatic rings. The molecule has 0 saturated heterocycles. The molecule has 8 heteroatoms. The molecule has 0 aliphatic carbocycles. The van der Waals surface area contributed by atoms with Crippen molar-refractivity contribution in [1.29, 1.82) is 0 Å². The second-order valence-electron chi connectivity index (χ2n) is 7.32. The summed E-state index contributed by atoms with van der Waals surface area (Å²) in [7, 11) is 1.67. The molecular formula is C23H31IN4O3. The van der Waals surface area contributed by atoms with Crippen molar-refractivity contribution < 1.29 is 13.7 Å². The summed E-state index contributed by atoms with van der Waals surface area (Å²) < 4.78 is 16.0. The summed E-state index contributed by atoms with van der Waals surface area (Å²) in [6.45, 7) is 6.08. The van der Waals surface area contributed by atoms with Gasteiger partial charge in [-0.2, -0.15) is 0 Å². The second-order valence-corrected chi connectivity index (χ2v) is 7.32. The van der Waals surface area contributed by atoms with E-state index >= 15 is 0 Å². The average molecular weight is 538 g/mol. The first kappa shape index (κ1) is 24.8. The van der Waals surface area contributed by atoms with Crippen molar-refractivity contribution in [1.82, 2.24) is 15.8 Å². The number of hydrogen-bond acceptors (Lipinski definition) is 5. The first-order valence-electron chi connectivity index (χ1n) is 10.3. The summed E-state index contributed by atoms with van der Waals surface area (Å²) in [6.07, 6.45) is 3.35. The number of hydrogen-bond donors (Lipinski definition) is 2. The number of furan rings is 1. The van der Waals surface area contributed by atoms with E-state index in [0.29, 0.717) is 12.5 Å². The van der Waals surface area contributed by atoms with Crippen LogP contribution in [0.15, 0.2) is 62.7 Å². The fourth-order valence-corrected chi connectivity index (χ4v) is 2.88. The van der Waals surface area contributed by atoms with E-state index in [-0.39, 0.29) is 24.0 Å². The van der Waals surface area contributed by atoms with Gasteiger partial charge in [-0.1, -0.05) is 31.1 Å². The van der Waals surface area contributed by atoms with Gasteiger partial charge in [-0.3, -0.25) is 0 Å². The Hall–Kier alpha value is -2.49. The van der Waals surface area contributed by atoms with Crippen LogP contribution >= 0.6 is 24.0 Å². The van der Waals surface area contributed by atoms with Gasteiger partial charge in [0.25, 0.3) is 0 Å². The van der Waals surface area contributed by atoms with Crippen LogP contribution in [0, 0.1) is 0 Å². The second kappa shape index (κ2) is 13.0. The number of nitrogens with zero attached hydrogens (tertiary/aromatic N) is 2. The lowest BCUT2D eigenvalue weighted by Gasteiger charge is -2.12. The van der Waals surface area contributed by atoms with Crippen LogP contribution in [0.4, 0.5) is 0 Å². The molecule has 0 radical (unpaired) electrons. The van der Waals surface area contributed by atoms with Gasteiger partial charge in [-0.15, -0.1) is 24.0 Å². The zero-order valence-corrected chi connectivity index (χ0v) is 20.6. The first-order valence-corrected chi connectivity index (χ1v) is 10.3. The Kier molecular flexibility index (Phi) is 10.4. The monoisotopic (exact) mass is 538 g/mol. The maximum atomic E-state index is 5.40. The third-order valence-corrected chi connectivity index (χ3v) is 4.67. The average Bonchev–Trinajstić information content (AvgIpc) is 3.44. The van der Waals surface area contributed by atoms with Gasteiger partial charge < -0.3 is 24.3 Å². The molecule has 2 aromatic heterocycles. The van der Waals surface area contributed by atoms with Crippen LogP contribution in [-0.2, 0) is 19.4 Å². The lowest BCUT2D eigenvalue weighted by molar-refractivity contribution is 0.376. The van der Waals surface area contributed by atoms with Gasteiger partial charge in [0, 0.05) is 25.6 Å². The highest BCUT2D eigenvalue weighted by Gasteiger charge is 2.08. The molecule has 2 N–H and O–H groups in total. The Bertz CT molecular complexity index is 905. The Labute approximate surface area is 200 Å². The van der Waals surface area contributed by atoms with Gasteiger partial charge in [0.1, 0.15) is 18.1 Å². The van der Waals surface area contributed by atoms with Gasteiger partial charge in [0.05, 0.1) is 19.1 Å². The predicted molar refractivity (Wildman–Crippen MR) is 132 cm³/mol. The summed E-state index contributed by atoms with van der Waals surface area (Å²) in [5, 5.41) is 10.8. The molecule has 3 rings (SSSR count). The lowest BCUT2D eigenvalue weighted by Crippen LogP contribution is -2.39. The summed E-state index contributed by atoms with van der Waals surface area (Å²) in [5.41, 5.74) is 2.18. The third kappa shape index (κ3) is 8.28. The molecule has 1 aromatic carbocycles. The van der Waals surface area contributed by atoms with E-state index in [4.69, 9.17) is 13.7 Å². The van der Waals surface area contributed by atoms with Gasteiger partial charge in [-0.25, -0.2) is 4.99 Å². The maximum Gasteiger partial charge on any atom is 0.191 e. The van der Waals surface area contributed by atoms with E-state index in [0.717, 1.165) is 54.9 Å². The van der Waals surface area contributed by atoms with Crippen molar-refractivity contribution in [3.63, 3.8) is 0 Å². The van der Waals surface area contributed by atoms with Gasteiger partial charge in [0.2, 0.25) is 0 Å². The molecule has 7 nitrogen and oxygen atoms in total. The van der Waals surface area contributed by atoms with E-state index in [9.17, 15) is 0 Å². The van der Waals surface area contributed by atoms with Crippen molar-refractivity contribution in [2.75, 3.05) is 20.2 Å². The Morgan fingerprint density at radius 2 is 1.81 bits per heavy atom. The summed E-state index contributed by atoms with van der Waals surface area (Å²) in [4.78, 5) is 4.65. The molecule has 0 unspecified atom stereocenters. The molecule has 0 bridgehead atoms. The predicted octanol–water partition coefficient (Wildman–Crippen LogP) is 4.54. The van der Waals surface area contributed by atoms with Crippen LogP contribution in [0.2, 0.25) is 0 Å². The molecule has 0 aliphatic heterocycles. The van der Waals surface area contributed by atoms with Crippen molar-refractivity contribution in [3.05, 3.63) is 71.5 Å². The van der Waals surface area contributed by atoms with Gasteiger partial charge in [-0.05, 0) is 42.2 Å². The van der Waals surface area contributed by atoms with Crippen LogP contribution in [0.25, 0.3) is 0 Å². The number of ether oxygens (including phenoxy) is 1. The van der Waals surface area contributed by atoms with E-state index in [2.05, 4.69) is 46.8 Å². The highest BCUT2D eigenvalue weighted by atomic mass is 127. The number of guanidine groups is 1. The Morgan fingerprint density at radius 1 is 1.06 bits per heavy atom. The number of benzene rings is 1. The maximum absolute atomic E-state index is 5.40. The Balaban J connectivity index is 0.00000341. The molecule has 0 amide bonds. The van der Waals surface area contributed by atoms with Crippen molar-refractivity contribution in [2.24, 2.45) is 4.99 Å². The highest BCUT2D eigenvalue weighted by molar-refractivity contribution is 14.0. The minimum Gasteiger partial charge on any atom is -0.497 e. The summed E-state index contributed by atoms with van der Waals surface area (Å²) in [5.74, 6) is 3.62. The molecule has 168 valence electrons. The molecule has 31 heavy (non-hydrogen) atoms. The molecule has 0 spiro atoms. The molecule has 0 saturated carbocycles. The largest absolute Gasteiger partial charge is 0.497 e. The van der Waals surface area contributed by atoms with Crippen LogP contribution in [0.3, 0.4) is 0 Å². The number of aromatic nitrogens is 1. The molecule has 0 fully saturated rings. The zero-order chi connectivity index (χ0) is 21.2. The molecule has 0 atom stereocenters. The van der Waals surface area contributed by atoms with Gasteiger partial charge >= 0.3 is 0 Å². The number of halogens is 1. The van der Waals surface area contributed by atoms with Crippen molar-refractivity contribution >= 4 is 29.9 Å². The number of rotatable bonds is 10. The standard InChI is InChI=1S/C23H30N4O3.HI/c1-17(2)22-15-21(30-27-22)16-26-23(25-13-11-20-5-4-14-29-20)24-12-10-18-6-8-19(28-3)9-7-18;/h4-9,14-15,17H,10-13,16H2,1-3H3,(H2,24,25,26);1H. The topological polar surface area (TPSA) is 84.8 Å². The van der Waals surface area contributed by atoms with Crippen LogP contribution in [0.5, 0.6) is 5.75 Å². The zero-order valence-electron chi connectivity index (χ0n) is 18.3. The fourth-order valence-electron chi connectivity index (χ4n) is 2.88. The minimum atomic E-state index is 0. The smallest absolute Gasteiger partial charge is 0.191 e. The van der Waals surface area contributed by atoms with Crippen molar-refractivity contribution in [2.45, 2.75) is 39.2 Å². The quantitative estimate of drug-likeness (QED) is 0.224. The fraction of sp³-hybridized carbons (Fsp3) is 0.391. The summed E-state index contributed by atoms with van der Waals surface area (Å²) in [6, 6.07) is 13.9. The number of methoxy groups -OCH3 is 1. The van der Waals surface area contributed by atoms with Gasteiger partial charge in [0.15, 0.2) is 11.7 Å². The molecule has 2 heterocycles. The lowest BCUT2D eigenvalue weighted by atomic mass is 10.1. The first-order chi connectivity index (χ1) is 14.6. The van der Waals surface area contributed by atoms with Crippen molar-refractivity contribution in [3.8, 4) is 5.75 Å². The van der Waals surface area contributed by atoms with Crippen LogP contribution in [0.1, 0.15) is 42.5 Å². The van der Waals surface area contributed by atoms with E-state index < -0.39 is 0 Å². The minimum absolute atomic E-state index is 0. The van der Waals surface area contributed by atoms with E-state index in [1.54, 1.807) is 13.4 Å².